The zero-order valence-electron chi connectivity index (χ0n) is 9.61. The van der Waals surface area contributed by atoms with Crippen LogP contribution in [0.5, 0.6) is 0 Å². The fraction of sp³-hybridized carbons (Fsp3) is 0.818. The van der Waals surface area contributed by atoms with Crippen LogP contribution in [0.4, 0.5) is 0 Å². The zero-order valence-corrected chi connectivity index (χ0v) is 9.61. The average molecular weight is 208 g/mol. The van der Waals surface area contributed by atoms with E-state index in [0.29, 0.717) is 5.92 Å². The first-order valence-corrected chi connectivity index (χ1v) is 5.84. The SMILES string of the molecule is CC(C)CNCc1cn(CC2CC2)nn1. The van der Waals surface area contributed by atoms with E-state index in [9.17, 15) is 0 Å². The van der Waals surface area contributed by atoms with Crippen LogP contribution in [0.25, 0.3) is 0 Å². The number of rotatable bonds is 6. The summed E-state index contributed by atoms with van der Waals surface area (Å²) in [7, 11) is 0. The topological polar surface area (TPSA) is 42.7 Å². The van der Waals surface area contributed by atoms with Crippen LogP contribution in [0.3, 0.4) is 0 Å². The maximum Gasteiger partial charge on any atom is 0.0964 e. The monoisotopic (exact) mass is 208 g/mol. The third-order valence-electron chi connectivity index (χ3n) is 2.59. The molecule has 0 unspecified atom stereocenters. The van der Waals surface area contributed by atoms with Crippen molar-refractivity contribution in [3.63, 3.8) is 0 Å². The molecule has 84 valence electrons. The van der Waals surface area contributed by atoms with Gasteiger partial charge in [0.2, 0.25) is 0 Å². The molecule has 4 heteroatoms. The zero-order chi connectivity index (χ0) is 10.7. The fourth-order valence-electron chi connectivity index (χ4n) is 1.56. The van der Waals surface area contributed by atoms with Crippen molar-refractivity contribution in [1.82, 2.24) is 20.3 Å². The molecule has 0 radical (unpaired) electrons. The fourth-order valence-corrected chi connectivity index (χ4v) is 1.56. The Balaban J connectivity index is 1.73. The third kappa shape index (κ3) is 3.63. The molecule has 4 nitrogen and oxygen atoms in total. The van der Waals surface area contributed by atoms with Gasteiger partial charge in [-0.2, -0.15) is 0 Å². The van der Waals surface area contributed by atoms with Gasteiger partial charge in [-0.15, -0.1) is 5.10 Å². The van der Waals surface area contributed by atoms with Crippen LogP contribution in [-0.2, 0) is 13.1 Å². The highest BCUT2D eigenvalue weighted by molar-refractivity contribution is 4.92. The summed E-state index contributed by atoms with van der Waals surface area (Å²) < 4.78 is 1.98. The lowest BCUT2D eigenvalue weighted by atomic mass is 10.2. The lowest BCUT2D eigenvalue weighted by Crippen LogP contribution is -2.19. The molecule has 1 N–H and O–H groups in total. The van der Waals surface area contributed by atoms with E-state index in [0.717, 1.165) is 31.2 Å². The summed E-state index contributed by atoms with van der Waals surface area (Å²) in [6.45, 7) is 7.34. The molecule has 0 saturated heterocycles. The number of nitrogens with zero attached hydrogens (tertiary/aromatic N) is 3. The van der Waals surface area contributed by atoms with Gasteiger partial charge in [0.1, 0.15) is 0 Å². The summed E-state index contributed by atoms with van der Waals surface area (Å²) in [5, 5.41) is 11.6. The van der Waals surface area contributed by atoms with Crippen molar-refractivity contribution in [2.75, 3.05) is 6.54 Å². The molecule has 1 saturated carbocycles. The smallest absolute Gasteiger partial charge is 0.0964 e. The van der Waals surface area contributed by atoms with E-state index in [1.165, 1.54) is 12.8 Å². The summed E-state index contributed by atoms with van der Waals surface area (Å²) in [5.74, 6) is 1.55. The van der Waals surface area contributed by atoms with E-state index >= 15 is 0 Å². The quantitative estimate of drug-likeness (QED) is 0.769. The second-order valence-corrected chi connectivity index (χ2v) is 4.90. The molecule has 0 aromatic carbocycles. The Hall–Kier alpha value is -0.900. The Morgan fingerprint density at radius 2 is 2.33 bits per heavy atom. The molecule has 1 heterocycles. The average Bonchev–Trinajstić information content (AvgIpc) is 2.86. The van der Waals surface area contributed by atoms with E-state index in [-0.39, 0.29) is 0 Å². The molecular weight excluding hydrogens is 188 g/mol. The van der Waals surface area contributed by atoms with Crippen molar-refractivity contribution < 1.29 is 0 Å². The maximum atomic E-state index is 4.14. The molecule has 1 aliphatic carbocycles. The van der Waals surface area contributed by atoms with Crippen LogP contribution in [0.1, 0.15) is 32.4 Å². The van der Waals surface area contributed by atoms with E-state index in [2.05, 4.69) is 35.7 Å². The number of nitrogens with one attached hydrogen (secondary N) is 1. The molecule has 0 bridgehead atoms. The Kier molecular flexibility index (Phi) is 3.36. The summed E-state index contributed by atoms with van der Waals surface area (Å²) in [4.78, 5) is 0. The molecule has 0 amide bonds. The molecule has 0 spiro atoms. The van der Waals surface area contributed by atoms with Gasteiger partial charge in [0.05, 0.1) is 5.69 Å². The summed E-state index contributed by atoms with van der Waals surface area (Å²) in [5.41, 5.74) is 1.05. The Labute approximate surface area is 91.1 Å². The first-order chi connectivity index (χ1) is 7.24. The Bertz CT molecular complexity index is 301. The largest absolute Gasteiger partial charge is 0.311 e. The number of hydrogen-bond donors (Lipinski definition) is 1. The van der Waals surface area contributed by atoms with E-state index < -0.39 is 0 Å². The molecule has 1 aromatic heterocycles. The highest BCUT2D eigenvalue weighted by Gasteiger charge is 2.22. The van der Waals surface area contributed by atoms with Crippen molar-refractivity contribution >= 4 is 0 Å². The first-order valence-electron chi connectivity index (χ1n) is 5.84. The highest BCUT2D eigenvalue weighted by atomic mass is 15.4. The van der Waals surface area contributed by atoms with Crippen LogP contribution in [0, 0.1) is 11.8 Å². The number of hydrogen-bond acceptors (Lipinski definition) is 3. The minimum atomic E-state index is 0.687. The molecule has 1 aromatic rings. The molecule has 1 fully saturated rings. The Morgan fingerprint density at radius 3 is 3.00 bits per heavy atom. The van der Waals surface area contributed by atoms with Crippen molar-refractivity contribution in [3.05, 3.63) is 11.9 Å². The standard InChI is InChI=1S/C11H20N4/c1-9(2)5-12-6-11-8-15(14-13-11)7-10-3-4-10/h8-10,12H,3-7H2,1-2H3. The highest BCUT2D eigenvalue weighted by Crippen LogP contribution is 2.30. The van der Waals surface area contributed by atoms with Crippen LogP contribution in [0.2, 0.25) is 0 Å². The summed E-state index contributed by atoms with van der Waals surface area (Å²) >= 11 is 0. The normalized spacial score (nSPS) is 16.2. The molecular formula is C11H20N4. The van der Waals surface area contributed by atoms with Crippen molar-refractivity contribution in [1.29, 1.82) is 0 Å². The van der Waals surface area contributed by atoms with Gasteiger partial charge < -0.3 is 5.32 Å². The maximum absolute atomic E-state index is 4.14. The first kappa shape index (κ1) is 10.6. The minimum absolute atomic E-state index is 0.687. The lowest BCUT2D eigenvalue weighted by Gasteiger charge is -2.04. The van der Waals surface area contributed by atoms with Gasteiger partial charge in [-0.25, -0.2) is 0 Å². The van der Waals surface area contributed by atoms with Gasteiger partial charge in [-0.05, 0) is 31.2 Å². The molecule has 2 rings (SSSR count). The Morgan fingerprint density at radius 1 is 1.53 bits per heavy atom. The van der Waals surface area contributed by atoms with E-state index in [1.807, 2.05) is 4.68 Å². The predicted octanol–water partition coefficient (Wildman–Crippen LogP) is 1.43. The van der Waals surface area contributed by atoms with Gasteiger partial charge in [0, 0.05) is 19.3 Å². The molecule has 0 atom stereocenters. The van der Waals surface area contributed by atoms with Gasteiger partial charge in [-0.1, -0.05) is 19.1 Å². The summed E-state index contributed by atoms with van der Waals surface area (Å²) in [6.07, 6.45) is 4.78. The van der Waals surface area contributed by atoms with Gasteiger partial charge in [0.15, 0.2) is 0 Å². The van der Waals surface area contributed by atoms with Crippen LogP contribution >= 0.6 is 0 Å². The van der Waals surface area contributed by atoms with Crippen LogP contribution in [-0.4, -0.2) is 21.5 Å². The minimum Gasteiger partial charge on any atom is -0.311 e. The van der Waals surface area contributed by atoms with Gasteiger partial charge in [-0.3, -0.25) is 4.68 Å². The lowest BCUT2D eigenvalue weighted by molar-refractivity contribution is 0.543. The third-order valence-corrected chi connectivity index (χ3v) is 2.59. The van der Waals surface area contributed by atoms with E-state index in [4.69, 9.17) is 0 Å². The molecule has 15 heavy (non-hydrogen) atoms. The predicted molar refractivity (Wildman–Crippen MR) is 59.3 cm³/mol. The van der Waals surface area contributed by atoms with Gasteiger partial charge in [0.25, 0.3) is 0 Å². The van der Waals surface area contributed by atoms with Crippen LogP contribution < -0.4 is 5.32 Å². The number of aromatic nitrogens is 3. The summed E-state index contributed by atoms with van der Waals surface area (Å²) in [6, 6.07) is 0. The van der Waals surface area contributed by atoms with Crippen molar-refractivity contribution in [2.45, 2.75) is 39.8 Å². The van der Waals surface area contributed by atoms with Crippen LogP contribution in [0.15, 0.2) is 6.20 Å². The molecule has 1 aliphatic rings. The second kappa shape index (κ2) is 4.75. The van der Waals surface area contributed by atoms with E-state index in [1.54, 1.807) is 0 Å². The second-order valence-electron chi connectivity index (χ2n) is 4.90. The molecule has 0 aliphatic heterocycles. The van der Waals surface area contributed by atoms with Gasteiger partial charge >= 0.3 is 0 Å². The van der Waals surface area contributed by atoms with Crippen molar-refractivity contribution in [2.24, 2.45) is 11.8 Å². The van der Waals surface area contributed by atoms with Crippen molar-refractivity contribution in [3.8, 4) is 0 Å².